The zero-order valence-electron chi connectivity index (χ0n) is 14.4. The Bertz CT molecular complexity index is 604. The van der Waals surface area contributed by atoms with Gasteiger partial charge in [0.2, 0.25) is 0 Å². The van der Waals surface area contributed by atoms with Gasteiger partial charge in [0.05, 0.1) is 11.6 Å². The first-order chi connectivity index (χ1) is 11.1. The van der Waals surface area contributed by atoms with Gasteiger partial charge in [-0.2, -0.15) is 5.26 Å². The molecule has 1 aliphatic carbocycles. The lowest BCUT2D eigenvalue weighted by molar-refractivity contribution is 0.283. The van der Waals surface area contributed by atoms with Crippen LogP contribution in [0.2, 0.25) is 0 Å². The average molecular weight is 444 g/mol. The molecular weight excluding hydrogens is 418 g/mol. The van der Waals surface area contributed by atoms with Crippen LogP contribution < -0.4 is 10.6 Å². The molecule has 6 heteroatoms. The Hall–Kier alpha value is -1.36. The number of nitrogens with zero attached hydrogens (tertiary/aromatic N) is 2. The molecule has 1 saturated carbocycles. The number of rotatable bonds is 5. The van der Waals surface area contributed by atoms with Gasteiger partial charge in [-0.1, -0.05) is 19.8 Å². The van der Waals surface area contributed by atoms with E-state index in [4.69, 9.17) is 5.26 Å². The van der Waals surface area contributed by atoms with E-state index in [2.05, 4.69) is 22.5 Å². The van der Waals surface area contributed by atoms with E-state index in [1.807, 2.05) is 6.07 Å². The maximum Gasteiger partial charge on any atom is 0.191 e. The van der Waals surface area contributed by atoms with Gasteiger partial charge in [0.15, 0.2) is 5.96 Å². The normalized spacial score (nSPS) is 16.2. The van der Waals surface area contributed by atoms with E-state index in [0.29, 0.717) is 29.0 Å². The SMILES string of the molecule is CCC1(CNC(=NC)NCc2cc(C#N)ccc2F)CCCC1.I. The smallest absolute Gasteiger partial charge is 0.191 e. The Labute approximate surface area is 161 Å². The van der Waals surface area contributed by atoms with E-state index in [1.54, 1.807) is 13.1 Å². The fourth-order valence-electron chi connectivity index (χ4n) is 3.23. The second-order valence-corrected chi connectivity index (χ2v) is 6.26. The second-order valence-electron chi connectivity index (χ2n) is 6.26. The highest BCUT2D eigenvalue weighted by atomic mass is 127. The molecule has 132 valence electrons. The van der Waals surface area contributed by atoms with Crippen LogP contribution in [0, 0.1) is 22.6 Å². The number of hydrogen-bond acceptors (Lipinski definition) is 2. The molecule has 24 heavy (non-hydrogen) atoms. The van der Waals surface area contributed by atoms with Crippen LogP contribution in [0.3, 0.4) is 0 Å². The lowest BCUT2D eigenvalue weighted by Gasteiger charge is -2.28. The number of nitrogens with one attached hydrogen (secondary N) is 2. The minimum Gasteiger partial charge on any atom is -0.356 e. The maximum absolute atomic E-state index is 13.8. The van der Waals surface area contributed by atoms with Crippen LogP contribution in [0.1, 0.15) is 50.2 Å². The molecule has 1 aliphatic rings. The monoisotopic (exact) mass is 444 g/mol. The summed E-state index contributed by atoms with van der Waals surface area (Å²) in [5.74, 6) is 0.360. The zero-order chi connectivity index (χ0) is 16.7. The van der Waals surface area contributed by atoms with Gasteiger partial charge in [-0.05, 0) is 42.9 Å². The summed E-state index contributed by atoms with van der Waals surface area (Å²) in [6, 6.07) is 6.41. The van der Waals surface area contributed by atoms with E-state index in [-0.39, 0.29) is 29.8 Å². The molecule has 0 bridgehead atoms. The van der Waals surface area contributed by atoms with Crippen molar-refractivity contribution in [1.82, 2.24) is 10.6 Å². The van der Waals surface area contributed by atoms with Gasteiger partial charge >= 0.3 is 0 Å². The summed E-state index contributed by atoms with van der Waals surface area (Å²) in [6.45, 7) is 3.44. The molecule has 0 radical (unpaired) electrons. The number of guanidine groups is 1. The Morgan fingerprint density at radius 1 is 1.33 bits per heavy atom. The van der Waals surface area contributed by atoms with Crippen LogP contribution in [0.4, 0.5) is 4.39 Å². The van der Waals surface area contributed by atoms with Crippen LogP contribution >= 0.6 is 24.0 Å². The summed E-state index contributed by atoms with van der Waals surface area (Å²) in [4.78, 5) is 4.21. The molecule has 0 unspecified atom stereocenters. The lowest BCUT2D eigenvalue weighted by atomic mass is 9.83. The molecule has 2 N–H and O–H groups in total. The summed E-state index contributed by atoms with van der Waals surface area (Å²) >= 11 is 0. The number of aliphatic imine (C=N–C) groups is 1. The van der Waals surface area contributed by atoms with Crippen molar-refractivity contribution in [2.45, 2.75) is 45.6 Å². The molecule has 0 aliphatic heterocycles. The molecule has 4 nitrogen and oxygen atoms in total. The van der Waals surface area contributed by atoms with Crippen molar-refractivity contribution in [3.8, 4) is 6.07 Å². The van der Waals surface area contributed by atoms with Crippen molar-refractivity contribution < 1.29 is 4.39 Å². The van der Waals surface area contributed by atoms with Gasteiger partial charge in [0.25, 0.3) is 0 Å². The molecule has 0 spiro atoms. The van der Waals surface area contributed by atoms with E-state index in [1.165, 1.54) is 37.8 Å². The first-order valence-corrected chi connectivity index (χ1v) is 8.25. The predicted molar refractivity (Wildman–Crippen MR) is 106 cm³/mol. The first kappa shape index (κ1) is 20.7. The standard InChI is InChI=1S/C18H25FN4.HI/c1-3-18(8-4-5-9-18)13-23-17(21-2)22-12-15-10-14(11-20)6-7-16(15)19;/h6-7,10H,3-5,8-9,12-13H2,1-2H3,(H2,21,22,23);1H. The minimum absolute atomic E-state index is 0. The van der Waals surface area contributed by atoms with Gasteiger partial charge in [0.1, 0.15) is 5.82 Å². The Balaban J connectivity index is 0.00000288. The number of halogens is 2. The van der Waals surface area contributed by atoms with Gasteiger partial charge in [-0.3, -0.25) is 4.99 Å². The number of nitriles is 1. The van der Waals surface area contributed by atoms with Gasteiger partial charge < -0.3 is 10.6 Å². The molecule has 1 aromatic carbocycles. The highest BCUT2D eigenvalue weighted by Crippen LogP contribution is 2.40. The largest absolute Gasteiger partial charge is 0.356 e. The van der Waals surface area contributed by atoms with E-state index in [9.17, 15) is 4.39 Å². The fraction of sp³-hybridized carbons (Fsp3) is 0.556. The van der Waals surface area contributed by atoms with Crippen LogP contribution in [0.25, 0.3) is 0 Å². The average Bonchev–Trinajstić information content (AvgIpc) is 3.06. The molecule has 0 aromatic heterocycles. The van der Waals surface area contributed by atoms with E-state index in [0.717, 1.165) is 13.0 Å². The minimum atomic E-state index is -0.312. The Morgan fingerprint density at radius 2 is 2.04 bits per heavy atom. The molecule has 2 rings (SSSR count). The molecule has 0 amide bonds. The predicted octanol–water partition coefficient (Wildman–Crippen LogP) is 3.95. The Kier molecular flexibility index (Phi) is 8.46. The summed E-state index contributed by atoms with van der Waals surface area (Å²) in [5.41, 5.74) is 1.30. The van der Waals surface area contributed by atoms with Crippen molar-refractivity contribution in [3.05, 3.63) is 35.1 Å². The molecule has 0 atom stereocenters. The van der Waals surface area contributed by atoms with Crippen LogP contribution in [0.15, 0.2) is 23.2 Å². The number of hydrogen-bond donors (Lipinski definition) is 2. The summed E-state index contributed by atoms with van der Waals surface area (Å²) in [5, 5.41) is 15.4. The Morgan fingerprint density at radius 3 is 2.62 bits per heavy atom. The second kappa shape index (κ2) is 9.82. The lowest BCUT2D eigenvalue weighted by Crippen LogP contribution is -2.42. The molecule has 0 saturated heterocycles. The molecule has 1 fully saturated rings. The summed E-state index contributed by atoms with van der Waals surface area (Å²) in [6.07, 6.45) is 6.27. The third kappa shape index (κ3) is 5.33. The first-order valence-electron chi connectivity index (χ1n) is 8.25. The zero-order valence-corrected chi connectivity index (χ0v) is 16.7. The van der Waals surface area contributed by atoms with Crippen molar-refractivity contribution in [3.63, 3.8) is 0 Å². The van der Waals surface area contributed by atoms with Crippen LogP contribution in [0.5, 0.6) is 0 Å². The topological polar surface area (TPSA) is 60.2 Å². The van der Waals surface area contributed by atoms with Gasteiger partial charge in [-0.15, -0.1) is 24.0 Å². The van der Waals surface area contributed by atoms with E-state index >= 15 is 0 Å². The molecule has 0 heterocycles. The molecular formula is C18H26FIN4. The fourth-order valence-corrected chi connectivity index (χ4v) is 3.23. The summed E-state index contributed by atoms with van der Waals surface area (Å²) in [7, 11) is 1.71. The quantitative estimate of drug-likeness (QED) is 0.411. The highest BCUT2D eigenvalue weighted by Gasteiger charge is 2.31. The van der Waals surface area contributed by atoms with Crippen molar-refractivity contribution >= 4 is 29.9 Å². The number of benzene rings is 1. The molecule has 1 aromatic rings. The summed E-state index contributed by atoms with van der Waals surface area (Å²) < 4.78 is 13.8. The van der Waals surface area contributed by atoms with Crippen LogP contribution in [-0.4, -0.2) is 19.6 Å². The van der Waals surface area contributed by atoms with Crippen molar-refractivity contribution in [2.75, 3.05) is 13.6 Å². The van der Waals surface area contributed by atoms with E-state index < -0.39 is 0 Å². The van der Waals surface area contributed by atoms with Crippen molar-refractivity contribution in [2.24, 2.45) is 10.4 Å². The third-order valence-corrected chi connectivity index (χ3v) is 4.89. The van der Waals surface area contributed by atoms with Crippen LogP contribution in [-0.2, 0) is 6.54 Å². The van der Waals surface area contributed by atoms with Crippen molar-refractivity contribution in [1.29, 1.82) is 5.26 Å². The van der Waals surface area contributed by atoms with Gasteiger partial charge in [0, 0.05) is 25.7 Å². The third-order valence-electron chi connectivity index (χ3n) is 4.89. The maximum atomic E-state index is 13.8. The highest BCUT2D eigenvalue weighted by molar-refractivity contribution is 14.0. The van der Waals surface area contributed by atoms with Gasteiger partial charge in [-0.25, -0.2) is 4.39 Å².